The van der Waals surface area contributed by atoms with Gasteiger partial charge in [-0.15, -0.1) is 0 Å². The quantitative estimate of drug-likeness (QED) is 0.268. The van der Waals surface area contributed by atoms with Gasteiger partial charge in [-0.25, -0.2) is 0 Å². The van der Waals surface area contributed by atoms with E-state index in [0.717, 1.165) is 36.6 Å². The Morgan fingerprint density at radius 2 is 1.71 bits per heavy atom. The molecule has 4 heteroatoms. The van der Waals surface area contributed by atoms with Crippen molar-refractivity contribution in [3.63, 3.8) is 0 Å². The number of aliphatic carboxylic acids is 1. The smallest absolute Gasteiger partial charge is 0.307 e. The van der Waals surface area contributed by atoms with Crippen LogP contribution in [0.2, 0.25) is 0 Å². The van der Waals surface area contributed by atoms with Gasteiger partial charge in [0.25, 0.3) is 0 Å². The molecule has 8 rings (SSSR count). The standard InChI is InChI=1S/C44H68N2O2/c1-27(2)30-11-18-44(45-21-24-46-22-14-28(3)15-23-46)20-19-42(7)34(38(30)44)9-10-36-41(6)16-12-33(29-25-31-32(26-29)37(31)39(47)48)40(4,5)35(41)13-17-43(36,42)8/h12,25,28,30-32,34-38,45H,1,9-11,13-24,26H2,2-8H3,(H,47,48). The van der Waals surface area contributed by atoms with Crippen LogP contribution in [0.4, 0.5) is 0 Å². The number of likely N-dealkylation sites (tertiary alicyclic amines) is 1. The van der Waals surface area contributed by atoms with Crippen LogP contribution in [-0.4, -0.2) is 47.7 Å². The van der Waals surface area contributed by atoms with Gasteiger partial charge in [0.15, 0.2) is 0 Å². The zero-order chi connectivity index (χ0) is 34.0. The van der Waals surface area contributed by atoms with Gasteiger partial charge in [-0.05, 0) is 177 Å². The van der Waals surface area contributed by atoms with Gasteiger partial charge in [0.1, 0.15) is 0 Å². The van der Waals surface area contributed by atoms with Crippen molar-refractivity contribution < 1.29 is 9.90 Å². The van der Waals surface area contributed by atoms with E-state index in [9.17, 15) is 9.90 Å². The van der Waals surface area contributed by atoms with Crippen molar-refractivity contribution in [2.24, 2.45) is 74.9 Å². The second-order valence-corrected chi connectivity index (χ2v) is 20.3. The zero-order valence-corrected chi connectivity index (χ0v) is 31.7. The summed E-state index contributed by atoms with van der Waals surface area (Å²) in [4.78, 5) is 14.4. The lowest BCUT2D eigenvalue weighted by Gasteiger charge is -2.72. The number of carboxylic acid groups (broad SMARTS) is 1. The number of allylic oxidation sites excluding steroid dienone is 5. The van der Waals surface area contributed by atoms with Crippen LogP contribution in [0, 0.1) is 74.9 Å². The largest absolute Gasteiger partial charge is 0.481 e. The van der Waals surface area contributed by atoms with Crippen LogP contribution < -0.4 is 5.32 Å². The lowest BCUT2D eigenvalue weighted by molar-refractivity contribution is -0.221. The third-order valence-electron chi connectivity index (χ3n) is 18.1. The van der Waals surface area contributed by atoms with Gasteiger partial charge in [0.05, 0.1) is 5.92 Å². The average Bonchev–Trinajstić information content (AvgIpc) is 3.32. The first-order valence-corrected chi connectivity index (χ1v) is 20.4. The molecule has 0 amide bonds. The Bertz CT molecular complexity index is 1400. The molecule has 1 heterocycles. The Labute approximate surface area is 293 Å². The van der Waals surface area contributed by atoms with Gasteiger partial charge in [0, 0.05) is 18.6 Å². The van der Waals surface area contributed by atoms with Crippen LogP contribution in [0.15, 0.2) is 35.5 Å². The van der Waals surface area contributed by atoms with Gasteiger partial charge in [-0.2, -0.15) is 0 Å². The number of carboxylic acids is 1. The van der Waals surface area contributed by atoms with Crippen LogP contribution in [0.25, 0.3) is 0 Å². The van der Waals surface area contributed by atoms with Gasteiger partial charge < -0.3 is 15.3 Å². The molecule has 0 aromatic rings. The van der Waals surface area contributed by atoms with E-state index in [1.54, 1.807) is 5.57 Å². The molecule has 0 radical (unpaired) electrons. The molecule has 0 bridgehead atoms. The number of nitrogens with one attached hydrogen (secondary N) is 1. The Morgan fingerprint density at radius 3 is 2.38 bits per heavy atom. The highest BCUT2D eigenvalue weighted by atomic mass is 16.4. The first-order valence-electron chi connectivity index (χ1n) is 20.4. The summed E-state index contributed by atoms with van der Waals surface area (Å²) in [6.45, 7) is 27.7. The predicted molar refractivity (Wildman–Crippen MR) is 196 cm³/mol. The van der Waals surface area contributed by atoms with Crippen molar-refractivity contribution in [1.29, 1.82) is 0 Å². The summed E-state index contributed by atoms with van der Waals surface area (Å²) in [5, 5.41) is 14.0. The highest BCUT2D eigenvalue weighted by molar-refractivity contribution is 5.76. The van der Waals surface area contributed by atoms with Crippen molar-refractivity contribution in [3.8, 4) is 0 Å². The van der Waals surface area contributed by atoms with Crippen LogP contribution in [0.5, 0.6) is 0 Å². The topological polar surface area (TPSA) is 52.6 Å². The van der Waals surface area contributed by atoms with Gasteiger partial charge >= 0.3 is 5.97 Å². The Kier molecular flexibility index (Phi) is 7.94. The Balaban J connectivity index is 1.04. The summed E-state index contributed by atoms with van der Waals surface area (Å²) in [7, 11) is 0. The molecule has 6 fully saturated rings. The summed E-state index contributed by atoms with van der Waals surface area (Å²) in [5.74, 6) is 4.44. The molecule has 8 aliphatic rings. The van der Waals surface area contributed by atoms with E-state index in [0.29, 0.717) is 39.5 Å². The lowest BCUT2D eigenvalue weighted by atomic mass is 9.33. The summed E-state index contributed by atoms with van der Waals surface area (Å²) >= 11 is 0. The molecule has 0 aromatic heterocycles. The molecule has 2 N–H and O–H groups in total. The molecule has 266 valence electrons. The van der Waals surface area contributed by atoms with E-state index in [2.05, 4.69) is 77.4 Å². The fourth-order valence-corrected chi connectivity index (χ4v) is 15.3. The molecular formula is C44H68N2O2. The first-order chi connectivity index (χ1) is 22.7. The molecular weight excluding hydrogens is 588 g/mol. The SMILES string of the molecule is C=C(C)C1CCC2(NCCN3CCC(C)CC3)CCC3(C)C(CCC4C5(C)CC=C(C6=CC7C(C6)C7C(=O)O)C(C)(C)C5CCC43C)C12. The second kappa shape index (κ2) is 11.3. The molecule has 48 heavy (non-hydrogen) atoms. The van der Waals surface area contributed by atoms with Crippen molar-refractivity contribution in [2.75, 3.05) is 26.2 Å². The maximum absolute atomic E-state index is 11.7. The predicted octanol–water partition coefficient (Wildman–Crippen LogP) is 9.53. The van der Waals surface area contributed by atoms with E-state index < -0.39 is 5.97 Å². The third-order valence-corrected chi connectivity index (χ3v) is 18.1. The zero-order valence-electron chi connectivity index (χ0n) is 31.7. The van der Waals surface area contributed by atoms with E-state index in [1.807, 2.05) is 0 Å². The number of hydrogen-bond acceptors (Lipinski definition) is 3. The molecule has 0 spiro atoms. The third kappa shape index (κ3) is 4.68. The van der Waals surface area contributed by atoms with Gasteiger partial charge in [-0.1, -0.05) is 65.8 Å². The fraction of sp³-hybridized carbons (Fsp3) is 0.841. The van der Waals surface area contributed by atoms with Crippen molar-refractivity contribution in [2.45, 2.75) is 131 Å². The molecule has 5 saturated carbocycles. The van der Waals surface area contributed by atoms with E-state index in [4.69, 9.17) is 0 Å². The second-order valence-electron chi connectivity index (χ2n) is 20.3. The summed E-state index contributed by atoms with van der Waals surface area (Å²) in [6.07, 6.45) is 20.8. The van der Waals surface area contributed by atoms with E-state index >= 15 is 0 Å². The molecule has 0 aromatic carbocycles. The molecule has 4 nitrogen and oxygen atoms in total. The highest BCUT2D eigenvalue weighted by Gasteiger charge is 2.70. The Hall–Kier alpha value is -1.39. The van der Waals surface area contributed by atoms with Crippen LogP contribution in [-0.2, 0) is 4.79 Å². The first kappa shape index (κ1) is 33.7. The molecule has 7 aliphatic carbocycles. The number of fused-ring (bicyclic) bond motifs is 8. The van der Waals surface area contributed by atoms with Crippen LogP contribution >= 0.6 is 0 Å². The minimum atomic E-state index is -0.588. The molecule has 1 saturated heterocycles. The minimum absolute atomic E-state index is 0.120. The monoisotopic (exact) mass is 657 g/mol. The van der Waals surface area contributed by atoms with Gasteiger partial charge in [-0.3, -0.25) is 4.79 Å². The number of nitrogens with zero attached hydrogens (tertiary/aromatic N) is 1. The highest BCUT2D eigenvalue weighted by Crippen LogP contribution is 2.77. The van der Waals surface area contributed by atoms with E-state index in [1.165, 1.54) is 101 Å². The van der Waals surface area contributed by atoms with Gasteiger partial charge in [0.2, 0.25) is 0 Å². The maximum Gasteiger partial charge on any atom is 0.307 e. The number of hydrogen-bond donors (Lipinski definition) is 2. The summed E-state index contributed by atoms with van der Waals surface area (Å²) < 4.78 is 0. The number of carbonyl (C=O) groups is 1. The molecule has 12 atom stereocenters. The summed E-state index contributed by atoms with van der Waals surface area (Å²) in [5.41, 5.74) is 6.01. The molecule has 1 aliphatic heterocycles. The van der Waals surface area contributed by atoms with Crippen molar-refractivity contribution in [1.82, 2.24) is 10.2 Å². The fourth-order valence-electron chi connectivity index (χ4n) is 15.3. The number of rotatable bonds is 7. The van der Waals surface area contributed by atoms with Crippen LogP contribution in [0.1, 0.15) is 126 Å². The van der Waals surface area contributed by atoms with E-state index in [-0.39, 0.29) is 17.3 Å². The Morgan fingerprint density at radius 1 is 0.958 bits per heavy atom. The van der Waals surface area contributed by atoms with Crippen molar-refractivity contribution >= 4 is 5.97 Å². The molecule has 12 unspecified atom stereocenters. The number of piperidine rings is 1. The maximum atomic E-state index is 11.7. The van der Waals surface area contributed by atoms with Crippen LogP contribution in [0.3, 0.4) is 0 Å². The normalized spacial score (nSPS) is 49.5. The van der Waals surface area contributed by atoms with Crippen molar-refractivity contribution in [3.05, 3.63) is 35.5 Å². The minimum Gasteiger partial charge on any atom is -0.481 e. The average molecular weight is 657 g/mol. The lowest BCUT2D eigenvalue weighted by Crippen LogP contribution is -2.68. The summed E-state index contributed by atoms with van der Waals surface area (Å²) in [6, 6.07) is 0.